The van der Waals surface area contributed by atoms with Crippen LogP contribution in [0.15, 0.2) is 30.3 Å². The first-order valence-corrected chi connectivity index (χ1v) is 11.8. The van der Waals surface area contributed by atoms with Crippen LogP contribution < -0.4 is 5.32 Å². The maximum Gasteiger partial charge on any atom is 0.184 e. The first-order valence-electron chi connectivity index (χ1n) is 11.8. The number of aliphatic hydroxyl groups is 1. The molecule has 1 aromatic carbocycles. The first-order chi connectivity index (χ1) is 15.2. The normalized spacial score (nSPS) is 16.6. The minimum absolute atomic E-state index is 0.0878. The summed E-state index contributed by atoms with van der Waals surface area (Å²) in [5.74, 6) is 1.32. The fourth-order valence-electron chi connectivity index (χ4n) is 4.44. The lowest BCUT2D eigenvalue weighted by atomic mass is 10.0. The Hall–Kier alpha value is -2.54. The molecule has 2 N–H and O–H groups in total. The lowest BCUT2D eigenvalue weighted by molar-refractivity contribution is 0.165. The van der Waals surface area contributed by atoms with Crippen molar-refractivity contribution in [2.24, 2.45) is 0 Å². The van der Waals surface area contributed by atoms with E-state index in [1.54, 1.807) is 0 Å². The van der Waals surface area contributed by atoms with Crippen molar-refractivity contribution in [2.45, 2.75) is 89.8 Å². The molecule has 0 spiro atoms. The zero-order valence-corrected chi connectivity index (χ0v) is 18.7. The van der Waals surface area contributed by atoms with Crippen molar-refractivity contribution in [2.75, 3.05) is 5.32 Å². The van der Waals surface area contributed by atoms with Crippen molar-refractivity contribution in [1.29, 1.82) is 0 Å². The molecule has 2 heterocycles. The largest absolute Gasteiger partial charge is 0.391 e. The van der Waals surface area contributed by atoms with Gasteiger partial charge < -0.3 is 10.4 Å². The summed E-state index contributed by atoms with van der Waals surface area (Å²) in [5.41, 5.74) is 2.42. The van der Waals surface area contributed by atoms with Crippen molar-refractivity contribution in [1.82, 2.24) is 25.0 Å². The molecule has 0 bridgehead atoms. The Bertz CT molecular complexity index is 965. The monoisotopic (exact) mass is 422 g/mol. The predicted molar refractivity (Wildman–Crippen MR) is 124 cm³/mol. The van der Waals surface area contributed by atoms with E-state index in [2.05, 4.69) is 22.6 Å². The summed E-state index contributed by atoms with van der Waals surface area (Å²) in [6.07, 6.45) is 9.73. The van der Waals surface area contributed by atoms with E-state index in [9.17, 15) is 5.11 Å². The number of unbranched alkanes of at least 4 members (excludes halogenated alkanes) is 3. The zero-order valence-electron chi connectivity index (χ0n) is 18.7. The number of aromatic nitrogens is 5. The number of aliphatic hydroxyl groups excluding tert-OH is 1. The SMILES string of the molecule is CCCCCC[C@H](Nc1nc(-c2ccccc2)nc2c1nnn2C1CCCC1)[C@@H](C)O. The summed E-state index contributed by atoms with van der Waals surface area (Å²) in [7, 11) is 0. The van der Waals surface area contributed by atoms with Gasteiger partial charge in [0.1, 0.15) is 0 Å². The summed E-state index contributed by atoms with van der Waals surface area (Å²) in [6.45, 7) is 4.05. The van der Waals surface area contributed by atoms with E-state index in [1.165, 1.54) is 32.1 Å². The van der Waals surface area contributed by atoms with E-state index in [4.69, 9.17) is 9.97 Å². The number of benzene rings is 1. The minimum atomic E-state index is -0.489. The lowest BCUT2D eigenvalue weighted by Crippen LogP contribution is -2.32. The Labute approximate surface area is 184 Å². The maximum absolute atomic E-state index is 10.4. The van der Waals surface area contributed by atoms with Crippen molar-refractivity contribution in [3.05, 3.63) is 30.3 Å². The second-order valence-electron chi connectivity index (χ2n) is 8.75. The van der Waals surface area contributed by atoms with Gasteiger partial charge in [-0.2, -0.15) is 0 Å². The van der Waals surface area contributed by atoms with Gasteiger partial charge in [0.05, 0.1) is 18.2 Å². The molecule has 7 heteroatoms. The lowest BCUT2D eigenvalue weighted by Gasteiger charge is -2.22. The fourth-order valence-corrected chi connectivity index (χ4v) is 4.44. The number of hydrogen-bond acceptors (Lipinski definition) is 6. The summed E-state index contributed by atoms with van der Waals surface area (Å²) in [6, 6.07) is 10.3. The second-order valence-corrected chi connectivity index (χ2v) is 8.75. The van der Waals surface area contributed by atoms with Crippen molar-refractivity contribution in [3.63, 3.8) is 0 Å². The van der Waals surface area contributed by atoms with Crippen LogP contribution in [0.4, 0.5) is 5.82 Å². The van der Waals surface area contributed by atoms with Gasteiger partial charge in [-0.05, 0) is 26.2 Å². The molecule has 1 saturated carbocycles. The molecule has 166 valence electrons. The van der Waals surface area contributed by atoms with Gasteiger partial charge in [-0.3, -0.25) is 0 Å². The molecule has 0 aliphatic heterocycles. The molecular weight excluding hydrogens is 388 g/mol. The topological polar surface area (TPSA) is 88.8 Å². The highest BCUT2D eigenvalue weighted by Crippen LogP contribution is 2.33. The first kappa shape index (κ1) is 21.7. The highest BCUT2D eigenvalue weighted by Gasteiger charge is 2.25. The number of nitrogens with zero attached hydrogens (tertiary/aromatic N) is 5. The van der Waals surface area contributed by atoms with Crippen LogP contribution in [0.1, 0.15) is 77.7 Å². The molecule has 1 aliphatic rings. The van der Waals surface area contributed by atoms with Crippen LogP contribution in [0.2, 0.25) is 0 Å². The van der Waals surface area contributed by atoms with E-state index >= 15 is 0 Å². The molecule has 1 fully saturated rings. The Morgan fingerprint density at radius 1 is 1.10 bits per heavy atom. The van der Waals surface area contributed by atoms with Crippen LogP contribution in [-0.4, -0.2) is 42.2 Å². The van der Waals surface area contributed by atoms with Crippen LogP contribution in [0.3, 0.4) is 0 Å². The maximum atomic E-state index is 10.4. The number of nitrogens with one attached hydrogen (secondary N) is 1. The van der Waals surface area contributed by atoms with Crippen molar-refractivity contribution >= 4 is 17.0 Å². The second kappa shape index (κ2) is 10.2. The van der Waals surface area contributed by atoms with Gasteiger partial charge in [0, 0.05) is 5.56 Å². The zero-order chi connectivity index (χ0) is 21.6. The van der Waals surface area contributed by atoms with Gasteiger partial charge in [0.25, 0.3) is 0 Å². The predicted octanol–water partition coefficient (Wildman–Crippen LogP) is 5.14. The van der Waals surface area contributed by atoms with E-state index in [0.29, 0.717) is 23.2 Å². The Kier molecular flexibility index (Phi) is 7.12. The van der Waals surface area contributed by atoms with E-state index in [1.807, 2.05) is 41.9 Å². The van der Waals surface area contributed by atoms with Gasteiger partial charge in [-0.1, -0.05) is 81.0 Å². The molecule has 0 radical (unpaired) electrons. The third-order valence-corrected chi connectivity index (χ3v) is 6.30. The number of anilines is 1. The van der Waals surface area contributed by atoms with Gasteiger partial charge >= 0.3 is 0 Å². The van der Waals surface area contributed by atoms with Crippen LogP contribution in [0.25, 0.3) is 22.6 Å². The molecule has 7 nitrogen and oxygen atoms in total. The third kappa shape index (κ3) is 5.03. The van der Waals surface area contributed by atoms with Gasteiger partial charge in [-0.25, -0.2) is 14.6 Å². The number of fused-ring (bicyclic) bond motifs is 1. The highest BCUT2D eigenvalue weighted by atomic mass is 16.3. The number of rotatable bonds is 10. The summed E-state index contributed by atoms with van der Waals surface area (Å²) < 4.78 is 1.99. The summed E-state index contributed by atoms with van der Waals surface area (Å²) >= 11 is 0. The average molecular weight is 423 g/mol. The van der Waals surface area contributed by atoms with Gasteiger partial charge in [0.2, 0.25) is 0 Å². The minimum Gasteiger partial charge on any atom is -0.391 e. The quantitative estimate of drug-likeness (QED) is 0.440. The van der Waals surface area contributed by atoms with E-state index in [0.717, 1.165) is 36.9 Å². The molecule has 3 aromatic rings. The molecule has 0 saturated heterocycles. The fraction of sp³-hybridized carbons (Fsp3) is 0.583. The van der Waals surface area contributed by atoms with Crippen LogP contribution in [0, 0.1) is 0 Å². The third-order valence-electron chi connectivity index (χ3n) is 6.30. The van der Waals surface area contributed by atoms with Crippen molar-refractivity contribution < 1.29 is 5.11 Å². The van der Waals surface area contributed by atoms with Crippen LogP contribution in [0.5, 0.6) is 0 Å². The summed E-state index contributed by atoms with van der Waals surface area (Å²) in [5, 5.41) is 22.9. The molecule has 0 unspecified atom stereocenters. The van der Waals surface area contributed by atoms with Crippen LogP contribution in [-0.2, 0) is 0 Å². The average Bonchev–Trinajstić information content (AvgIpc) is 3.46. The van der Waals surface area contributed by atoms with Gasteiger partial charge in [0.15, 0.2) is 22.8 Å². The van der Waals surface area contributed by atoms with Gasteiger partial charge in [-0.15, -0.1) is 5.10 Å². The molecule has 2 atom stereocenters. The Morgan fingerprint density at radius 2 is 1.87 bits per heavy atom. The Morgan fingerprint density at radius 3 is 2.58 bits per heavy atom. The molecule has 0 amide bonds. The molecular formula is C24H34N6O. The molecule has 1 aliphatic carbocycles. The summed E-state index contributed by atoms with van der Waals surface area (Å²) in [4.78, 5) is 9.70. The molecule has 4 rings (SSSR count). The number of hydrogen-bond donors (Lipinski definition) is 2. The standard InChI is InChI=1S/C24H34N6O/c1-3-4-5-9-16-20(17(2)31)25-23-21-24(30(29-28-21)19-14-10-11-15-19)27-22(26-23)18-12-7-6-8-13-18/h6-8,12-13,17,19-20,31H,3-5,9-11,14-16H2,1-2H3,(H,25,26,27)/t17-,20+/m1/s1. The van der Waals surface area contributed by atoms with Crippen molar-refractivity contribution in [3.8, 4) is 11.4 Å². The van der Waals surface area contributed by atoms with Crippen LogP contribution >= 0.6 is 0 Å². The van der Waals surface area contributed by atoms with E-state index in [-0.39, 0.29) is 6.04 Å². The molecule has 2 aromatic heterocycles. The van der Waals surface area contributed by atoms with E-state index < -0.39 is 6.10 Å². The Balaban J connectivity index is 1.70. The smallest absolute Gasteiger partial charge is 0.184 e. The highest BCUT2D eigenvalue weighted by molar-refractivity contribution is 5.84. The molecule has 31 heavy (non-hydrogen) atoms.